The summed E-state index contributed by atoms with van der Waals surface area (Å²) in [4.78, 5) is 16.3. The summed E-state index contributed by atoms with van der Waals surface area (Å²) in [5.74, 6) is 0. The molecule has 0 atom stereocenters. The summed E-state index contributed by atoms with van der Waals surface area (Å²) in [5, 5.41) is 2.93. The zero-order valence-electron chi connectivity index (χ0n) is 12.1. The molecule has 2 aliphatic rings. The van der Waals surface area contributed by atoms with Crippen molar-refractivity contribution in [3.63, 3.8) is 0 Å². The minimum Gasteiger partial charge on any atom is -0.338 e. The van der Waals surface area contributed by atoms with Crippen molar-refractivity contribution in [2.75, 3.05) is 26.7 Å². The topological polar surface area (TPSA) is 35.6 Å². The van der Waals surface area contributed by atoms with Crippen molar-refractivity contribution < 1.29 is 4.79 Å². The van der Waals surface area contributed by atoms with Gasteiger partial charge in [-0.25, -0.2) is 4.79 Å². The van der Waals surface area contributed by atoms with E-state index < -0.39 is 0 Å². The van der Waals surface area contributed by atoms with Crippen molar-refractivity contribution in [1.82, 2.24) is 15.1 Å². The highest BCUT2D eigenvalue weighted by atomic mass is 16.2. The van der Waals surface area contributed by atoms with Crippen molar-refractivity contribution in [3.05, 3.63) is 35.9 Å². The van der Waals surface area contributed by atoms with Gasteiger partial charge in [0.1, 0.15) is 0 Å². The average Bonchev–Trinajstić information content (AvgIpc) is 2.48. The Labute approximate surface area is 120 Å². The number of hydrogen-bond acceptors (Lipinski definition) is 2. The Morgan fingerprint density at radius 2 is 1.85 bits per heavy atom. The quantitative estimate of drug-likeness (QED) is 0.895. The summed E-state index contributed by atoms with van der Waals surface area (Å²) in [7, 11) is 1.95. The lowest BCUT2D eigenvalue weighted by molar-refractivity contribution is 0.0386. The van der Waals surface area contributed by atoms with Gasteiger partial charge in [0.05, 0.1) is 0 Å². The zero-order valence-corrected chi connectivity index (χ0v) is 12.1. The van der Waals surface area contributed by atoms with Crippen molar-refractivity contribution in [2.45, 2.75) is 31.3 Å². The number of nitrogens with one attached hydrogen (secondary N) is 1. The number of carbonyl (C=O) groups is 1. The van der Waals surface area contributed by atoms with Crippen molar-refractivity contribution >= 4 is 6.03 Å². The third kappa shape index (κ3) is 2.52. The minimum atomic E-state index is 0.0905. The van der Waals surface area contributed by atoms with Gasteiger partial charge in [-0.2, -0.15) is 0 Å². The maximum Gasteiger partial charge on any atom is 0.317 e. The maximum atomic E-state index is 11.8. The van der Waals surface area contributed by atoms with Crippen LogP contribution in [0.5, 0.6) is 0 Å². The first kappa shape index (κ1) is 13.4. The molecule has 2 saturated heterocycles. The van der Waals surface area contributed by atoms with Crippen LogP contribution < -0.4 is 5.32 Å². The van der Waals surface area contributed by atoms with Gasteiger partial charge in [-0.3, -0.25) is 4.90 Å². The van der Waals surface area contributed by atoms with Gasteiger partial charge >= 0.3 is 6.03 Å². The van der Waals surface area contributed by atoms with Crippen LogP contribution in [0.3, 0.4) is 0 Å². The third-order valence-electron chi connectivity index (χ3n) is 4.92. The Kier molecular flexibility index (Phi) is 3.66. The van der Waals surface area contributed by atoms with E-state index in [1.807, 2.05) is 11.9 Å². The molecule has 0 radical (unpaired) electrons. The lowest BCUT2D eigenvalue weighted by Gasteiger charge is -2.50. The Bertz CT molecular complexity index is 466. The van der Waals surface area contributed by atoms with Crippen LogP contribution in [0.25, 0.3) is 0 Å². The van der Waals surface area contributed by atoms with E-state index in [0.717, 1.165) is 45.4 Å². The molecule has 2 amide bonds. The number of benzene rings is 1. The first-order valence-corrected chi connectivity index (χ1v) is 7.48. The molecule has 1 spiro atoms. The summed E-state index contributed by atoms with van der Waals surface area (Å²) in [6, 6.07) is 10.7. The number of rotatable bonds is 2. The molecule has 1 aromatic carbocycles. The second-order valence-electron chi connectivity index (χ2n) is 6.03. The Morgan fingerprint density at radius 1 is 1.15 bits per heavy atom. The van der Waals surface area contributed by atoms with Crippen LogP contribution in [0.1, 0.15) is 24.8 Å². The fourth-order valence-corrected chi connectivity index (χ4v) is 3.46. The standard InChI is InChI=1S/C16H23N3O/c1-18-15(20)17-10-7-16(18)8-11-19(12-9-16)13-14-5-3-2-4-6-14/h2-6H,7-13H2,1H3,(H,17,20). The van der Waals surface area contributed by atoms with E-state index in [-0.39, 0.29) is 11.6 Å². The number of carbonyl (C=O) groups excluding carboxylic acids is 1. The number of nitrogens with zero attached hydrogens (tertiary/aromatic N) is 2. The molecule has 1 aromatic rings. The number of urea groups is 1. The van der Waals surface area contributed by atoms with Crippen LogP contribution in [0, 0.1) is 0 Å². The highest BCUT2D eigenvalue weighted by Gasteiger charge is 2.42. The Hall–Kier alpha value is -1.55. The fourth-order valence-electron chi connectivity index (χ4n) is 3.46. The summed E-state index contributed by atoms with van der Waals surface area (Å²) < 4.78 is 0. The van der Waals surface area contributed by atoms with E-state index in [2.05, 4.69) is 40.5 Å². The molecule has 0 aliphatic carbocycles. The highest BCUT2D eigenvalue weighted by Crippen LogP contribution is 2.33. The SMILES string of the molecule is CN1C(=O)NCCC12CCN(Cc1ccccc1)CC2. The van der Waals surface area contributed by atoms with Crippen LogP contribution in [0.4, 0.5) is 4.79 Å². The molecule has 108 valence electrons. The predicted molar refractivity (Wildman–Crippen MR) is 79.5 cm³/mol. The first-order chi connectivity index (χ1) is 9.70. The van der Waals surface area contributed by atoms with Gasteiger partial charge < -0.3 is 10.2 Å². The van der Waals surface area contributed by atoms with Crippen LogP contribution >= 0.6 is 0 Å². The second kappa shape index (κ2) is 5.44. The number of amides is 2. The van der Waals surface area contributed by atoms with Crippen LogP contribution in [-0.2, 0) is 6.54 Å². The molecular weight excluding hydrogens is 250 g/mol. The molecule has 2 aliphatic heterocycles. The molecule has 4 nitrogen and oxygen atoms in total. The molecule has 2 fully saturated rings. The van der Waals surface area contributed by atoms with Gasteiger partial charge in [0.15, 0.2) is 0 Å². The van der Waals surface area contributed by atoms with Gasteiger partial charge in [-0.1, -0.05) is 30.3 Å². The van der Waals surface area contributed by atoms with Crippen LogP contribution in [0.15, 0.2) is 30.3 Å². The van der Waals surface area contributed by atoms with Crippen LogP contribution in [0.2, 0.25) is 0 Å². The van der Waals surface area contributed by atoms with E-state index in [4.69, 9.17) is 0 Å². The smallest absolute Gasteiger partial charge is 0.317 e. The Balaban J connectivity index is 1.60. The summed E-state index contributed by atoms with van der Waals surface area (Å²) in [6.07, 6.45) is 3.25. The Morgan fingerprint density at radius 3 is 2.55 bits per heavy atom. The van der Waals surface area contributed by atoms with Crippen molar-refractivity contribution in [2.24, 2.45) is 0 Å². The molecule has 4 heteroatoms. The molecule has 3 rings (SSSR count). The molecule has 20 heavy (non-hydrogen) atoms. The minimum absolute atomic E-state index is 0.0905. The predicted octanol–water partition coefficient (Wildman–Crippen LogP) is 2.07. The lowest BCUT2D eigenvalue weighted by Crippen LogP contribution is -2.62. The number of hydrogen-bond donors (Lipinski definition) is 1. The molecule has 0 saturated carbocycles. The molecule has 0 unspecified atom stereocenters. The van der Waals surface area contributed by atoms with Gasteiger partial charge in [0.25, 0.3) is 0 Å². The van der Waals surface area contributed by atoms with Crippen molar-refractivity contribution in [1.29, 1.82) is 0 Å². The fraction of sp³-hybridized carbons (Fsp3) is 0.562. The number of piperidine rings is 1. The van der Waals surface area contributed by atoms with Gasteiger partial charge in [0.2, 0.25) is 0 Å². The summed E-state index contributed by atoms with van der Waals surface area (Å²) in [6.45, 7) is 3.99. The zero-order chi connectivity index (χ0) is 14.0. The second-order valence-corrected chi connectivity index (χ2v) is 6.03. The normalized spacial score (nSPS) is 22.9. The van der Waals surface area contributed by atoms with Gasteiger partial charge in [0, 0.05) is 38.8 Å². The van der Waals surface area contributed by atoms with E-state index in [1.165, 1.54) is 5.56 Å². The summed E-state index contributed by atoms with van der Waals surface area (Å²) >= 11 is 0. The first-order valence-electron chi connectivity index (χ1n) is 7.48. The van der Waals surface area contributed by atoms with E-state index in [0.29, 0.717) is 0 Å². The largest absolute Gasteiger partial charge is 0.338 e. The third-order valence-corrected chi connectivity index (χ3v) is 4.92. The highest BCUT2D eigenvalue weighted by molar-refractivity contribution is 5.75. The molecular formula is C16H23N3O. The van der Waals surface area contributed by atoms with Crippen LogP contribution in [-0.4, -0.2) is 48.1 Å². The van der Waals surface area contributed by atoms with E-state index >= 15 is 0 Å². The molecule has 2 heterocycles. The molecule has 0 bridgehead atoms. The van der Waals surface area contributed by atoms with E-state index in [1.54, 1.807) is 0 Å². The maximum absolute atomic E-state index is 11.8. The van der Waals surface area contributed by atoms with Gasteiger partial charge in [-0.15, -0.1) is 0 Å². The monoisotopic (exact) mass is 273 g/mol. The van der Waals surface area contributed by atoms with Gasteiger partial charge in [-0.05, 0) is 24.8 Å². The number of likely N-dealkylation sites (tertiary alicyclic amines) is 1. The summed E-state index contributed by atoms with van der Waals surface area (Å²) in [5.41, 5.74) is 1.47. The van der Waals surface area contributed by atoms with E-state index in [9.17, 15) is 4.79 Å². The molecule has 1 N–H and O–H groups in total. The molecule has 0 aromatic heterocycles. The average molecular weight is 273 g/mol. The lowest BCUT2D eigenvalue weighted by atomic mass is 9.82. The van der Waals surface area contributed by atoms with Crippen molar-refractivity contribution in [3.8, 4) is 0 Å².